The first-order valence-corrected chi connectivity index (χ1v) is 7.16. The fourth-order valence-electron chi connectivity index (χ4n) is 1.96. The number of benzene rings is 2. The second kappa shape index (κ2) is 6.48. The van der Waals surface area contributed by atoms with Crippen molar-refractivity contribution in [3.8, 4) is 11.5 Å². The highest BCUT2D eigenvalue weighted by atomic mass is 79.9. The van der Waals surface area contributed by atoms with E-state index in [-0.39, 0.29) is 6.04 Å². The minimum Gasteiger partial charge on any atom is -0.493 e. The van der Waals surface area contributed by atoms with Crippen molar-refractivity contribution in [3.63, 3.8) is 0 Å². The Labute approximate surface area is 131 Å². The standard InChI is InChI=1S/C15H15BrClNO2/c1-19-13-7-11(12(17)8-14(13)20-2)15(18)9-3-5-10(16)6-4-9/h3-8,15H,18H2,1-2H3. The fraction of sp³-hybridized carbons (Fsp3) is 0.200. The van der Waals surface area contributed by atoms with E-state index in [0.29, 0.717) is 16.5 Å². The van der Waals surface area contributed by atoms with Crippen molar-refractivity contribution in [3.05, 3.63) is 57.0 Å². The van der Waals surface area contributed by atoms with E-state index in [1.165, 1.54) is 0 Å². The van der Waals surface area contributed by atoms with Gasteiger partial charge < -0.3 is 15.2 Å². The zero-order valence-corrected chi connectivity index (χ0v) is 13.5. The van der Waals surface area contributed by atoms with Crippen LogP contribution in [0.15, 0.2) is 40.9 Å². The Kier molecular flexibility index (Phi) is 4.91. The monoisotopic (exact) mass is 355 g/mol. The molecule has 106 valence electrons. The van der Waals surface area contributed by atoms with Crippen LogP contribution in [-0.2, 0) is 0 Å². The van der Waals surface area contributed by atoms with Crippen LogP contribution >= 0.6 is 27.5 Å². The highest BCUT2D eigenvalue weighted by Crippen LogP contribution is 2.37. The van der Waals surface area contributed by atoms with E-state index in [1.54, 1.807) is 20.3 Å². The number of methoxy groups -OCH3 is 2. The van der Waals surface area contributed by atoms with Crippen molar-refractivity contribution in [2.45, 2.75) is 6.04 Å². The van der Waals surface area contributed by atoms with E-state index in [4.69, 9.17) is 26.8 Å². The molecule has 20 heavy (non-hydrogen) atoms. The molecule has 1 unspecified atom stereocenters. The Hall–Kier alpha value is -1.23. The van der Waals surface area contributed by atoms with Crippen LogP contribution in [0.25, 0.3) is 0 Å². The summed E-state index contributed by atoms with van der Waals surface area (Å²) in [5.41, 5.74) is 8.06. The third kappa shape index (κ3) is 3.08. The van der Waals surface area contributed by atoms with Gasteiger partial charge in [-0.2, -0.15) is 0 Å². The molecule has 0 saturated carbocycles. The van der Waals surface area contributed by atoms with Gasteiger partial charge in [0.25, 0.3) is 0 Å². The van der Waals surface area contributed by atoms with E-state index in [9.17, 15) is 0 Å². The number of halogens is 2. The van der Waals surface area contributed by atoms with E-state index < -0.39 is 0 Å². The zero-order chi connectivity index (χ0) is 14.7. The molecule has 0 aliphatic rings. The molecule has 2 rings (SSSR count). The molecule has 0 aromatic heterocycles. The van der Waals surface area contributed by atoms with Gasteiger partial charge >= 0.3 is 0 Å². The minimum absolute atomic E-state index is 0.324. The summed E-state index contributed by atoms with van der Waals surface area (Å²) in [6, 6.07) is 11.0. The molecule has 5 heteroatoms. The van der Waals surface area contributed by atoms with E-state index in [0.717, 1.165) is 15.6 Å². The highest BCUT2D eigenvalue weighted by molar-refractivity contribution is 9.10. The maximum atomic E-state index is 6.29. The number of hydrogen-bond donors (Lipinski definition) is 1. The molecule has 0 bridgehead atoms. The van der Waals surface area contributed by atoms with Gasteiger partial charge in [0, 0.05) is 15.6 Å². The summed E-state index contributed by atoms with van der Waals surface area (Å²) in [7, 11) is 3.16. The molecule has 0 aliphatic carbocycles. The molecular weight excluding hydrogens is 342 g/mol. The Balaban J connectivity index is 2.43. The summed E-state index contributed by atoms with van der Waals surface area (Å²) < 4.78 is 11.5. The van der Waals surface area contributed by atoms with Crippen molar-refractivity contribution in [1.82, 2.24) is 0 Å². The van der Waals surface area contributed by atoms with Crippen LogP contribution in [0.1, 0.15) is 17.2 Å². The van der Waals surface area contributed by atoms with Crippen molar-refractivity contribution in [1.29, 1.82) is 0 Å². The van der Waals surface area contributed by atoms with Crippen LogP contribution in [0, 0.1) is 0 Å². The Morgan fingerprint density at radius 1 is 1.05 bits per heavy atom. The molecule has 0 fully saturated rings. The second-order valence-electron chi connectivity index (χ2n) is 4.26. The first kappa shape index (κ1) is 15.2. The molecule has 0 amide bonds. The van der Waals surface area contributed by atoms with Gasteiger partial charge in [0.1, 0.15) is 0 Å². The van der Waals surface area contributed by atoms with Crippen LogP contribution in [0.3, 0.4) is 0 Å². The summed E-state index contributed by atoms with van der Waals surface area (Å²) in [5.74, 6) is 1.20. The quantitative estimate of drug-likeness (QED) is 0.894. The fourth-order valence-corrected chi connectivity index (χ4v) is 2.49. The van der Waals surface area contributed by atoms with Gasteiger partial charge in [0.05, 0.1) is 20.3 Å². The third-order valence-electron chi connectivity index (χ3n) is 3.07. The number of nitrogens with two attached hydrogens (primary N) is 1. The van der Waals surface area contributed by atoms with Crippen molar-refractivity contribution < 1.29 is 9.47 Å². The van der Waals surface area contributed by atoms with Crippen molar-refractivity contribution in [2.75, 3.05) is 14.2 Å². The van der Waals surface area contributed by atoms with Crippen LogP contribution < -0.4 is 15.2 Å². The van der Waals surface area contributed by atoms with Crippen molar-refractivity contribution in [2.24, 2.45) is 5.73 Å². The van der Waals surface area contributed by atoms with Crippen LogP contribution in [0.5, 0.6) is 11.5 Å². The summed E-state index contributed by atoms with van der Waals surface area (Å²) in [4.78, 5) is 0. The molecule has 0 heterocycles. The number of rotatable bonds is 4. The van der Waals surface area contributed by atoms with Gasteiger partial charge in [-0.3, -0.25) is 0 Å². The average Bonchev–Trinajstić information content (AvgIpc) is 2.47. The first-order chi connectivity index (χ1) is 9.56. The van der Waals surface area contributed by atoms with E-state index in [2.05, 4.69) is 15.9 Å². The summed E-state index contributed by atoms with van der Waals surface area (Å²) in [6.07, 6.45) is 0. The van der Waals surface area contributed by atoms with Crippen LogP contribution in [0.4, 0.5) is 0 Å². The van der Waals surface area contributed by atoms with Gasteiger partial charge in [0.15, 0.2) is 11.5 Å². The molecule has 2 aromatic rings. The SMILES string of the molecule is COc1cc(Cl)c(C(N)c2ccc(Br)cc2)cc1OC. The minimum atomic E-state index is -0.324. The molecule has 3 nitrogen and oxygen atoms in total. The topological polar surface area (TPSA) is 44.5 Å². The maximum Gasteiger partial charge on any atom is 0.162 e. The Morgan fingerprint density at radius 2 is 1.60 bits per heavy atom. The molecule has 2 aromatic carbocycles. The largest absolute Gasteiger partial charge is 0.493 e. The Morgan fingerprint density at radius 3 is 2.15 bits per heavy atom. The number of ether oxygens (including phenoxy) is 2. The first-order valence-electron chi connectivity index (χ1n) is 5.99. The second-order valence-corrected chi connectivity index (χ2v) is 5.58. The average molecular weight is 357 g/mol. The summed E-state index contributed by atoms with van der Waals surface area (Å²) in [6.45, 7) is 0. The van der Waals surface area contributed by atoms with Gasteiger partial charge in [-0.1, -0.05) is 39.7 Å². The maximum absolute atomic E-state index is 6.29. The lowest BCUT2D eigenvalue weighted by atomic mass is 9.99. The van der Waals surface area contributed by atoms with Crippen molar-refractivity contribution >= 4 is 27.5 Å². The molecule has 0 spiro atoms. The molecule has 2 N–H and O–H groups in total. The predicted molar refractivity (Wildman–Crippen MR) is 84.7 cm³/mol. The molecular formula is C15H15BrClNO2. The molecule has 0 aliphatic heterocycles. The van der Waals surface area contributed by atoms with E-state index >= 15 is 0 Å². The smallest absolute Gasteiger partial charge is 0.162 e. The lowest BCUT2D eigenvalue weighted by Gasteiger charge is -2.17. The zero-order valence-electron chi connectivity index (χ0n) is 11.2. The molecule has 0 radical (unpaired) electrons. The van der Waals surface area contributed by atoms with Gasteiger partial charge in [-0.05, 0) is 29.3 Å². The lowest BCUT2D eigenvalue weighted by Crippen LogP contribution is -2.12. The normalized spacial score (nSPS) is 12.1. The van der Waals surface area contributed by atoms with E-state index in [1.807, 2.05) is 30.3 Å². The van der Waals surface area contributed by atoms with Gasteiger partial charge in [-0.25, -0.2) is 0 Å². The summed E-state index contributed by atoms with van der Waals surface area (Å²) in [5, 5.41) is 0.554. The summed E-state index contributed by atoms with van der Waals surface area (Å²) >= 11 is 9.69. The van der Waals surface area contributed by atoms with Crippen LogP contribution in [-0.4, -0.2) is 14.2 Å². The third-order valence-corrected chi connectivity index (χ3v) is 3.92. The molecule has 1 atom stereocenters. The van der Waals surface area contributed by atoms with Crippen LogP contribution in [0.2, 0.25) is 5.02 Å². The lowest BCUT2D eigenvalue weighted by molar-refractivity contribution is 0.354. The Bertz CT molecular complexity index is 602. The van der Waals surface area contributed by atoms with Gasteiger partial charge in [-0.15, -0.1) is 0 Å². The molecule has 0 saturated heterocycles. The predicted octanol–water partition coefficient (Wildman–Crippen LogP) is 4.17. The number of hydrogen-bond acceptors (Lipinski definition) is 3. The van der Waals surface area contributed by atoms with Gasteiger partial charge in [0.2, 0.25) is 0 Å². The highest BCUT2D eigenvalue weighted by Gasteiger charge is 2.16.